The number of ether oxygens (including phenoxy) is 1. The Hall–Kier alpha value is -1.48. The summed E-state index contributed by atoms with van der Waals surface area (Å²) in [5.74, 6) is 1.59. The molecule has 0 saturated heterocycles. The first-order valence-electron chi connectivity index (χ1n) is 5.71. The van der Waals surface area contributed by atoms with E-state index in [2.05, 4.69) is 26.3 Å². The Morgan fingerprint density at radius 1 is 1.12 bits per heavy atom. The minimum Gasteiger partial charge on any atom is -0.541 e. The molecule has 0 atom stereocenters. The fourth-order valence-electron chi connectivity index (χ4n) is 1.49. The monoisotopic (exact) mass is 248 g/mol. The van der Waals surface area contributed by atoms with E-state index in [9.17, 15) is 0 Å². The Bertz CT molecular complexity index is 386. The molecule has 0 bridgehead atoms. The van der Waals surface area contributed by atoms with Crippen LogP contribution in [0.2, 0.25) is 19.1 Å². The van der Waals surface area contributed by atoms with Gasteiger partial charge in [0, 0.05) is 0 Å². The SMILES string of the molecule is C=CCOc1ccccc1O[Si](C)(C)CC=C. The zero-order valence-electron chi connectivity index (χ0n) is 10.6. The normalized spacial score (nSPS) is 10.7. The molecule has 1 aromatic rings. The Labute approximate surface area is 105 Å². The molecule has 0 aliphatic rings. The number of para-hydroxylation sites is 2. The van der Waals surface area contributed by atoms with Gasteiger partial charge in [-0.15, -0.1) is 6.58 Å². The fraction of sp³-hybridized carbons (Fsp3) is 0.286. The lowest BCUT2D eigenvalue weighted by molar-refractivity contribution is 0.347. The third-order valence-electron chi connectivity index (χ3n) is 2.23. The summed E-state index contributed by atoms with van der Waals surface area (Å²) in [7, 11) is -1.74. The van der Waals surface area contributed by atoms with Crippen LogP contribution in [0.5, 0.6) is 11.5 Å². The standard InChI is InChI=1S/C14H20O2Si/c1-5-11-15-13-9-7-8-10-14(13)16-17(3,4)12-6-2/h5-10H,1-2,11-12H2,3-4H3. The topological polar surface area (TPSA) is 18.5 Å². The number of hydrogen-bond acceptors (Lipinski definition) is 2. The van der Waals surface area contributed by atoms with Crippen molar-refractivity contribution < 1.29 is 9.16 Å². The van der Waals surface area contributed by atoms with E-state index < -0.39 is 8.32 Å². The van der Waals surface area contributed by atoms with Crippen molar-refractivity contribution in [2.45, 2.75) is 19.1 Å². The number of rotatable bonds is 7. The minimum absolute atomic E-state index is 0.490. The van der Waals surface area contributed by atoms with Gasteiger partial charge in [0.2, 0.25) is 8.32 Å². The van der Waals surface area contributed by atoms with Crippen molar-refractivity contribution in [1.29, 1.82) is 0 Å². The molecule has 0 aliphatic heterocycles. The van der Waals surface area contributed by atoms with Crippen molar-refractivity contribution in [2.75, 3.05) is 6.61 Å². The molecule has 0 saturated carbocycles. The number of hydrogen-bond donors (Lipinski definition) is 0. The Balaban J connectivity index is 2.82. The third kappa shape index (κ3) is 4.49. The van der Waals surface area contributed by atoms with Crippen molar-refractivity contribution in [3.63, 3.8) is 0 Å². The maximum absolute atomic E-state index is 6.08. The van der Waals surface area contributed by atoms with Gasteiger partial charge in [-0.3, -0.25) is 0 Å². The second-order valence-electron chi connectivity index (χ2n) is 4.40. The van der Waals surface area contributed by atoms with Crippen LogP contribution < -0.4 is 9.16 Å². The Morgan fingerprint density at radius 2 is 1.76 bits per heavy atom. The molecule has 3 heteroatoms. The van der Waals surface area contributed by atoms with E-state index in [4.69, 9.17) is 9.16 Å². The molecule has 17 heavy (non-hydrogen) atoms. The molecule has 0 spiro atoms. The van der Waals surface area contributed by atoms with Crippen molar-refractivity contribution in [3.05, 3.63) is 49.6 Å². The molecule has 0 heterocycles. The molecule has 0 unspecified atom stereocenters. The zero-order chi connectivity index (χ0) is 12.7. The lowest BCUT2D eigenvalue weighted by Gasteiger charge is -2.24. The van der Waals surface area contributed by atoms with E-state index >= 15 is 0 Å². The van der Waals surface area contributed by atoms with E-state index in [1.54, 1.807) is 6.08 Å². The summed E-state index contributed by atoms with van der Waals surface area (Å²) < 4.78 is 11.6. The summed E-state index contributed by atoms with van der Waals surface area (Å²) in [4.78, 5) is 0. The number of benzene rings is 1. The molecule has 0 amide bonds. The van der Waals surface area contributed by atoms with Gasteiger partial charge in [-0.05, 0) is 31.3 Å². The van der Waals surface area contributed by atoms with Gasteiger partial charge < -0.3 is 9.16 Å². The first-order chi connectivity index (χ1) is 8.09. The van der Waals surface area contributed by atoms with Gasteiger partial charge in [0.25, 0.3) is 0 Å². The summed E-state index contributed by atoms with van der Waals surface area (Å²) in [5.41, 5.74) is 0. The minimum atomic E-state index is -1.74. The fourth-order valence-corrected chi connectivity index (χ4v) is 3.03. The van der Waals surface area contributed by atoms with Gasteiger partial charge in [0.15, 0.2) is 5.75 Å². The molecule has 0 fully saturated rings. The summed E-state index contributed by atoms with van der Waals surface area (Å²) in [5, 5.41) is 0. The zero-order valence-corrected chi connectivity index (χ0v) is 11.6. The molecule has 0 aromatic heterocycles. The third-order valence-corrected chi connectivity index (χ3v) is 4.27. The van der Waals surface area contributed by atoms with Crippen LogP contribution in [0.3, 0.4) is 0 Å². The highest BCUT2D eigenvalue weighted by atomic mass is 28.4. The van der Waals surface area contributed by atoms with Gasteiger partial charge >= 0.3 is 0 Å². The molecule has 0 aliphatic carbocycles. The predicted molar refractivity (Wildman–Crippen MR) is 75.2 cm³/mol. The predicted octanol–water partition coefficient (Wildman–Crippen LogP) is 4.02. The average molecular weight is 248 g/mol. The highest BCUT2D eigenvalue weighted by molar-refractivity contribution is 6.72. The van der Waals surface area contributed by atoms with Crippen molar-refractivity contribution in [1.82, 2.24) is 0 Å². The second kappa shape index (κ2) is 6.30. The highest BCUT2D eigenvalue weighted by Crippen LogP contribution is 2.29. The first-order valence-corrected chi connectivity index (χ1v) is 8.83. The van der Waals surface area contributed by atoms with Crippen LogP contribution in [0.1, 0.15) is 0 Å². The molecular weight excluding hydrogens is 228 g/mol. The number of allylic oxidation sites excluding steroid dienone is 1. The molecule has 0 radical (unpaired) electrons. The van der Waals surface area contributed by atoms with E-state index in [1.165, 1.54) is 0 Å². The van der Waals surface area contributed by atoms with Crippen molar-refractivity contribution >= 4 is 8.32 Å². The largest absolute Gasteiger partial charge is 0.541 e. The van der Waals surface area contributed by atoms with Gasteiger partial charge in [-0.25, -0.2) is 0 Å². The lowest BCUT2D eigenvalue weighted by Crippen LogP contribution is -2.33. The highest BCUT2D eigenvalue weighted by Gasteiger charge is 2.23. The quantitative estimate of drug-likeness (QED) is 0.536. The van der Waals surface area contributed by atoms with Gasteiger partial charge in [0.1, 0.15) is 12.4 Å². The van der Waals surface area contributed by atoms with Crippen LogP contribution >= 0.6 is 0 Å². The van der Waals surface area contributed by atoms with Crippen LogP contribution in [-0.2, 0) is 0 Å². The molecule has 92 valence electrons. The van der Waals surface area contributed by atoms with Gasteiger partial charge in [0.05, 0.1) is 0 Å². The van der Waals surface area contributed by atoms with Crippen LogP contribution in [0, 0.1) is 0 Å². The van der Waals surface area contributed by atoms with Crippen molar-refractivity contribution in [2.24, 2.45) is 0 Å². The molecule has 1 rings (SSSR count). The first kappa shape index (κ1) is 13.6. The second-order valence-corrected chi connectivity index (χ2v) is 8.53. The van der Waals surface area contributed by atoms with Crippen molar-refractivity contribution in [3.8, 4) is 11.5 Å². The molecule has 0 N–H and O–H groups in total. The Kier molecular flexibility index (Phi) is 5.03. The maximum Gasteiger partial charge on any atom is 0.249 e. The molecule has 1 aromatic carbocycles. The van der Waals surface area contributed by atoms with Crippen LogP contribution in [0.25, 0.3) is 0 Å². The van der Waals surface area contributed by atoms with E-state index in [0.29, 0.717) is 6.61 Å². The lowest BCUT2D eigenvalue weighted by atomic mass is 10.3. The Morgan fingerprint density at radius 3 is 2.35 bits per heavy atom. The molecular formula is C14H20O2Si. The van der Waals surface area contributed by atoms with Crippen LogP contribution in [0.15, 0.2) is 49.6 Å². The van der Waals surface area contributed by atoms with Crippen LogP contribution in [0.4, 0.5) is 0 Å². The van der Waals surface area contributed by atoms with E-state index in [-0.39, 0.29) is 0 Å². The smallest absolute Gasteiger partial charge is 0.249 e. The summed E-state index contributed by atoms with van der Waals surface area (Å²) in [6, 6.07) is 8.66. The summed E-state index contributed by atoms with van der Waals surface area (Å²) in [6.45, 7) is 12.2. The van der Waals surface area contributed by atoms with Gasteiger partial charge in [-0.1, -0.05) is 30.9 Å². The molecule has 2 nitrogen and oxygen atoms in total. The van der Waals surface area contributed by atoms with Gasteiger partial charge in [-0.2, -0.15) is 0 Å². The summed E-state index contributed by atoms with van der Waals surface area (Å²) in [6.07, 6.45) is 3.64. The van der Waals surface area contributed by atoms with E-state index in [0.717, 1.165) is 17.5 Å². The summed E-state index contributed by atoms with van der Waals surface area (Å²) >= 11 is 0. The van der Waals surface area contributed by atoms with E-state index in [1.807, 2.05) is 30.3 Å². The maximum atomic E-state index is 6.08. The van der Waals surface area contributed by atoms with Crippen LogP contribution in [-0.4, -0.2) is 14.9 Å². The average Bonchev–Trinajstić information content (AvgIpc) is 2.27.